The molecule has 1 spiro atoms. The summed E-state index contributed by atoms with van der Waals surface area (Å²) in [7, 11) is 0. The van der Waals surface area contributed by atoms with Gasteiger partial charge in [0.05, 0.1) is 5.41 Å². The molecule has 6 rings (SSSR count). The van der Waals surface area contributed by atoms with E-state index in [0.717, 1.165) is 0 Å². The second-order valence-electron chi connectivity index (χ2n) is 9.87. The molecule has 2 aliphatic carbocycles. The molecule has 0 bridgehead atoms. The van der Waals surface area contributed by atoms with E-state index < -0.39 is 0 Å². The van der Waals surface area contributed by atoms with Crippen LogP contribution in [0, 0.1) is 5.92 Å². The molecular formula is C37H30. The van der Waals surface area contributed by atoms with Crippen molar-refractivity contribution in [1.82, 2.24) is 0 Å². The zero-order chi connectivity index (χ0) is 25.4. The van der Waals surface area contributed by atoms with Crippen LogP contribution in [0.1, 0.15) is 29.2 Å². The Bertz CT molecular complexity index is 1610. The highest BCUT2D eigenvalue weighted by atomic mass is 14.5. The van der Waals surface area contributed by atoms with E-state index in [0.29, 0.717) is 0 Å². The van der Waals surface area contributed by atoms with E-state index in [1.807, 2.05) is 6.08 Å². The summed E-state index contributed by atoms with van der Waals surface area (Å²) < 4.78 is 0. The number of rotatable bonds is 4. The first-order valence-corrected chi connectivity index (χ1v) is 12.9. The van der Waals surface area contributed by atoms with Gasteiger partial charge in [0.15, 0.2) is 0 Å². The van der Waals surface area contributed by atoms with Gasteiger partial charge in [0.25, 0.3) is 0 Å². The molecule has 0 aromatic heterocycles. The van der Waals surface area contributed by atoms with Gasteiger partial charge in [-0.15, -0.1) is 0 Å². The van der Waals surface area contributed by atoms with Gasteiger partial charge in [-0.3, -0.25) is 0 Å². The first-order valence-electron chi connectivity index (χ1n) is 12.9. The minimum Gasteiger partial charge on any atom is -0.0987 e. The maximum absolute atomic E-state index is 4.31. The van der Waals surface area contributed by atoms with Crippen LogP contribution in [0.25, 0.3) is 33.9 Å². The van der Waals surface area contributed by atoms with Crippen molar-refractivity contribution in [2.45, 2.75) is 12.3 Å². The third-order valence-corrected chi connectivity index (χ3v) is 8.02. The van der Waals surface area contributed by atoms with Crippen molar-refractivity contribution in [1.29, 1.82) is 0 Å². The molecule has 0 aliphatic heterocycles. The Morgan fingerprint density at radius 2 is 1.35 bits per heavy atom. The second kappa shape index (κ2) is 9.22. The summed E-state index contributed by atoms with van der Waals surface area (Å²) in [6.07, 6.45) is 12.9. The maximum atomic E-state index is 4.31. The number of fused-ring (bicyclic) bond motifs is 4. The summed E-state index contributed by atoms with van der Waals surface area (Å²) in [4.78, 5) is 0. The van der Waals surface area contributed by atoms with Crippen LogP contribution in [-0.4, -0.2) is 0 Å². The molecule has 37 heavy (non-hydrogen) atoms. The predicted molar refractivity (Wildman–Crippen MR) is 159 cm³/mol. The average molecular weight is 475 g/mol. The van der Waals surface area contributed by atoms with Crippen molar-refractivity contribution in [2.24, 2.45) is 5.92 Å². The smallest absolute Gasteiger partial charge is 0.0529 e. The van der Waals surface area contributed by atoms with E-state index in [1.54, 1.807) is 0 Å². The largest absolute Gasteiger partial charge is 0.0987 e. The summed E-state index contributed by atoms with van der Waals surface area (Å²) in [6.45, 7) is 10.9. The Morgan fingerprint density at radius 1 is 0.649 bits per heavy atom. The number of hydrogen-bond acceptors (Lipinski definition) is 0. The van der Waals surface area contributed by atoms with Crippen LogP contribution in [0.2, 0.25) is 0 Å². The first-order chi connectivity index (χ1) is 18.2. The molecule has 0 heteroatoms. The monoisotopic (exact) mass is 474 g/mol. The molecular weight excluding hydrogens is 444 g/mol. The Labute approximate surface area is 220 Å². The van der Waals surface area contributed by atoms with Gasteiger partial charge >= 0.3 is 0 Å². The van der Waals surface area contributed by atoms with Gasteiger partial charge in [0.2, 0.25) is 0 Å². The lowest BCUT2D eigenvalue weighted by molar-refractivity contribution is 0.488. The number of benzene rings is 4. The Balaban J connectivity index is 1.62. The molecule has 4 aromatic rings. The highest BCUT2D eigenvalue weighted by Gasteiger charge is 2.48. The molecule has 0 saturated carbocycles. The van der Waals surface area contributed by atoms with Crippen LogP contribution in [0.15, 0.2) is 146 Å². The van der Waals surface area contributed by atoms with Crippen molar-refractivity contribution in [3.8, 4) is 22.3 Å². The minimum absolute atomic E-state index is 0.216. The zero-order valence-electron chi connectivity index (χ0n) is 21.2. The maximum Gasteiger partial charge on any atom is 0.0529 e. The highest BCUT2D eigenvalue weighted by molar-refractivity contribution is 5.92. The van der Waals surface area contributed by atoms with Gasteiger partial charge in [0.1, 0.15) is 0 Å². The van der Waals surface area contributed by atoms with Crippen LogP contribution < -0.4 is 0 Å². The summed E-state index contributed by atoms with van der Waals surface area (Å²) in [5.41, 5.74) is 12.1. The normalized spacial score (nSPS) is 21.5. The Kier molecular flexibility index (Phi) is 5.74. The topological polar surface area (TPSA) is 0 Å². The zero-order valence-corrected chi connectivity index (χ0v) is 21.2. The molecule has 0 amide bonds. The molecule has 2 unspecified atom stereocenters. The molecule has 2 atom stereocenters. The fraction of sp³-hybridized carbons (Fsp3) is 0.0811. The van der Waals surface area contributed by atoms with E-state index in [1.165, 1.54) is 55.7 Å². The highest BCUT2D eigenvalue weighted by Crippen LogP contribution is 2.57. The van der Waals surface area contributed by atoms with Gasteiger partial charge in [-0.1, -0.05) is 141 Å². The number of hydrogen-bond donors (Lipinski definition) is 0. The number of allylic oxidation sites excluding steroid dienone is 7. The van der Waals surface area contributed by atoms with E-state index in [9.17, 15) is 0 Å². The Morgan fingerprint density at radius 3 is 2.14 bits per heavy atom. The summed E-state index contributed by atoms with van der Waals surface area (Å²) >= 11 is 0. The van der Waals surface area contributed by atoms with Gasteiger partial charge in [-0.2, -0.15) is 0 Å². The summed E-state index contributed by atoms with van der Waals surface area (Å²) in [5.74, 6) is 0.216. The van der Waals surface area contributed by atoms with Crippen LogP contribution in [0.5, 0.6) is 0 Å². The quantitative estimate of drug-likeness (QED) is 0.276. The SMILES string of the molecule is C=CC1=C(C=C)C2(c3ccccc3/C=C\C=C/C2C)c2cc(-c3cccc(-c4ccccc4)c3)ccc21. The standard InChI is InChI=1S/C37H30/c1-4-32-33-23-22-31(30-20-13-19-29(24-30)27-15-7-6-8-16-27)25-36(33)37(34(32)5-2)26(3)14-9-10-17-28-18-11-12-21-35(28)37/h4-26H,1-2H2,3H3/b14-9-,17-10-. The van der Waals surface area contributed by atoms with Crippen LogP contribution in [0.4, 0.5) is 0 Å². The molecule has 4 aromatic carbocycles. The minimum atomic E-state index is -0.356. The molecule has 0 nitrogen and oxygen atoms in total. The molecule has 178 valence electrons. The lowest BCUT2D eigenvalue weighted by Gasteiger charge is -2.40. The van der Waals surface area contributed by atoms with E-state index >= 15 is 0 Å². The van der Waals surface area contributed by atoms with Crippen molar-refractivity contribution < 1.29 is 0 Å². The Hall–Kier alpha value is -4.42. The van der Waals surface area contributed by atoms with Crippen LogP contribution in [-0.2, 0) is 5.41 Å². The predicted octanol–water partition coefficient (Wildman–Crippen LogP) is 9.66. The van der Waals surface area contributed by atoms with Gasteiger partial charge < -0.3 is 0 Å². The summed E-state index contributed by atoms with van der Waals surface area (Å²) in [5, 5.41) is 0. The van der Waals surface area contributed by atoms with Crippen LogP contribution in [0.3, 0.4) is 0 Å². The van der Waals surface area contributed by atoms with Crippen molar-refractivity contribution in [3.63, 3.8) is 0 Å². The third-order valence-electron chi connectivity index (χ3n) is 8.02. The van der Waals surface area contributed by atoms with Gasteiger partial charge in [0, 0.05) is 0 Å². The van der Waals surface area contributed by atoms with E-state index in [2.05, 4.69) is 148 Å². The lowest BCUT2D eigenvalue weighted by Crippen LogP contribution is -2.35. The average Bonchev–Trinajstić information content (AvgIpc) is 3.25. The van der Waals surface area contributed by atoms with Gasteiger partial charge in [-0.05, 0) is 73.7 Å². The molecule has 0 radical (unpaired) electrons. The van der Waals surface area contributed by atoms with Crippen molar-refractivity contribution >= 4 is 11.6 Å². The van der Waals surface area contributed by atoms with Crippen molar-refractivity contribution in [2.75, 3.05) is 0 Å². The van der Waals surface area contributed by atoms with Crippen LogP contribution >= 0.6 is 0 Å². The molecule has 0 N–H and O–H groups in total. The van der Waals surface area contributed by atoms with E-state index in [-0.39, 0.29) is 11.3 Å². The van der Waals surface area contributed by atoms with Crippen molar-refractivity contribution in [3.05, 3.63) is 168 Å². The lowest BCUT2D eigenvalue weighted by atomic mass is 9.62. The third kappa shape index (κ3) is 3.52. The molecule has 0 heterocycles. The second-order valence-corrected chi connectivity index (χ2v) is 9.87. The fourth-order valence-electron chi connectivity index (χ4n) is 6.35. The molecule has 2 aliphatic rings. The molecule has 0 fully saturated rings. The van der Waals surface area contributed by atoms with E-state index in [4.69, 9.17) is 0 Å². The summed E-state index contributed by atoms with van der Waals surface area (Å²) in [6, 6.07) is 35.2. The first kappa shape index (κ1) is 23.0. The van der Waals surface area contributed by atoms with Gasteiger partial charge in [-0.25, -0.2) is 0 Å². The fourth-order valence-corrected chi connectivity index (χ4v) is 6.35. The molecule has 0 saturated heterocycles.